The third-order valence-corrected chi connectivity index (χ3v) is 6.24. The molecule has 1 aromatic heterocycles. The van der Waals surface area contributed by atoms with Crippen LogP contribution >= 0.6 is 0 Å². The van der Waals surface area contributed by atoms with E-state index in [1.165, 1.54) is 11.1 Å². The highest BCUT2D eigenvalue weighted by molar-refractivity contribution is 5.43. The highest BCUT2D eigenvalue weighted by Gasteiger charge is 2.51. The Bertz CT molecular complexity index is 917. The van der Waals surface area contributed by atoms with Crippen LogP contribution in [0.25, 0.3) is 0 Å². The van der Waals surface area contributed by atoms with E-state index < -0.39 is 0 Å². The lowest BCUT2D eigenvalue weighted by atomic mass is 9.59. The molecule has 28 heavy (non-hydrogen) atoms. The maximum atomic E-state index is 6.02. The molecular formula is C24H28N2O2. The Kier molecular flexibility index (Phi) is 4.76. The molecule has 0 saturated heterocycles. The highest BCUT2D eigenvalue weighted by Crippen LogP contribution is 2.53. The lowest BCUT2D eigenvalue weighted by Crippen LogP contribution is -2.54. The predicted octanol–water partition coefficient (Wildman–Crippen LogP) is 4.96. The Morgan fingerprint density at radius 3 is 2.50 bits per heavy atom. The van der Waals surface area contributed by atoms with E-state index in [2.05, 4.69) is 50.7 Å². The summed E-state index contributed by atoms with van der Waals surface area (Å²) in [6.45, 7) is 6.41. The number of fused-ring (bicyclic) bond motifs is 4. The number of nitrogens with zero attached hydrogens (tertiary/aromatic N) is 2. The zero-order valence-electron chi connectivity index (χ0n) is 17.1. The van der Waals surface area contributed by atoms with Gasteiger partial charge in [0.25, 0.3) is 0 Å². The molecule has 146 valence electrons. The van der Waals surface area contributed by atoms with Crippen LogP contribution < -0.4 is 9.47 Å². The Labute approximate surface area is 167 Å². The predicted molar refractivity (Wildman–Crippen MR) is 112 cm³/mol. The molecule has 2 bridgehead atoms. The van der Waals surface area contributed by atoms with E-state index in [9.17, 15) is 0 Å². The maximum Gasteiger partial charge on any atom is 0.219 e. The summed E-state index contributed by atoms with van der Waals surface area (Å²) < 4.78 is 11.2. The Balaban J connectivity index is 1.72. The minimum atomic E-state index is -0.0928. The van der Waals surface area contributed by atoms with Crippen molar-refractivity contribution in [3.63, 3.8) is 0 Å². The van der Waals surface area contributed by atoms with Crippen LogP contribution in [0.2, 0.25) is 0 Å². The molecule has 4 nitrogen and oxygen atoms in total. The van der Waals surface area contributed by atoms with Crippen molar-refractivity contribution in [2.24, 2.45) is 11.8 Å². The summed E-state index contributed by atoms with van der Waals surface area (Å²) >= 11 is 0. The van der Waals surface area contributed by atoms with E-state index in [4.69, 9.17) is 14.5 Å². The molecule has 2 aromatic rings. The summed E-state index contributed by atoms with van der Waals surface area (Å²) in [6.07, 6.45) is 6.47. The van der Waals surface area contributed by atoms with E-state index in [0.29, 0.717) is 17.7 Å². The molecule has 0 unspecified atom stereocenters. The number of hydrogen-bond donors (Lipinski definition) is 0. The van der Waals surface area contributed by atoms with Gasteiger partial charge in [-0.1, -0.05) is 17.7 Å². The van der Waals surface area contributed by atoms with Gasteiger partial charge in [0.1, 0.15) is 11.5 Å². The van der Waals surface area contributed by atoms with Gasteiger partial charge in [-0.2, -0.15) is 0 Å². The molecule has 1 heterocycles. The van der Waals surface area contributed by atoms with E-state index in [1.54, 1.807) is 7.11 Å². The van der Waals surface area contributed by atoms with Crippen LogP contribution in [0, 0.1) is 11.8 Å². The number of rotatable bonds is 5. The average Bonchev–Trinajstić information content (AvgIpc) is 2.67. The van der Waals surface area contributed by atoms with Gasteiger partial charge in [0, 0.05) is 12.0 Å². The first kappa shape index (κ1) is 18.8. The van der Waals surface area contributed by atoms with Crippen LogP contribution in [0.1, 0.15) is 24.6 Å². The average molecular weight is 377 g/mol. The van der Waals surface area contributed by atoms with Gasteiger partial charge in [-0.05, 0) is 75.7 Å². The van der Waals surface area contributed by atoms with Gasteiger partial charge in [-0.25, -0.2) is 4.98 Å². The normalized spacial score (nSPS) is 25.7. The van der Waals surface area contributed by atoms with Crippen LogP contribution in [0.4, 0.5) is 0 Å². The van der Waals surface area contributed by atoms with Crippen molar-refractivity contribution in [2.75, 3.05) is 21.2 Å². The van der Waals surface area contributed by atoms with E-state index in [1.807, 2.05) is 30.3 Å². The molecule has 1 aromatic carbocycles. The summed E-state index contributed by atoms with van der Waals surface area (Å²) in [6, 6.07) is 11.8. The van der Waals surface area contributed by atoms with Crippen molar-refractivity contribution in [2.45, 2.75) is 25.3 Å². The van der Waals surface area contributed by atoms with Gasteiger partial charge in [0.05, 0.1) is 18.3 Å². The highest BCUT2D eigenvalue weighted by atomic mass is 16.5. The number of benzene rings is 1. The van der Waals surface area contributed by atoms with Crippen molar-refractivity contribution in [3.8, 4) is 17.4 Å². The van der Waals surface area contributed by atoms with Crippen LogP contribution in [-0.4, -0.2) is 31.1 Å². The van der Waals surface area contributed by atoms with Gasteiger partial charge in [-0.3, -0.25) is 4.90 Å². The topological polar surface area (TPSA) is 34.6 Å². The minimum absolute atomic E-state index is 0.0928. The molecule has 4 rings (SSSR count). The molecule has 2 aliphatic carbocycles. The van der Waals surface area contributed by atoms with Crippen molar-refractivity contribution in [1.29, 1.82) is 0 Å². The quantitative estimate of drug-likeness (QED) is 0.691. The van der Waals surface area contributed by atoms with Gasteiger partial charge < -0.3 is 9.47 Å². The first-order valence-electron chi connectivity index (χ1n) is 9.77. The first-order chi connectivity index (χ1) is 13.5. The molecule has 0 saturated carbocycles. The maximum absolute atomic E-state index is 6.02. The molecule has 0 spiro atoms. The SMILES string of the molecule is C=C[C@@H]1[C@H]2C=C(C)C[C@]1(N(C)C)c1ccc(Oc3ccc(OC)cc3)nc1C2. The van der Waals surface area contributed by atoms with Crippen LogP contribution in [0.15, 0.2) is 60.7 Å². The third-order valence-electron chi connectivity index (χ3n) is 6.24. The van der Waals surface area contributed by atoms with Crippen molar-refractivity contribution >= 4 is 0 Å². The lowest BCUT2D eigenvalue weighted by Gasteiger charge is -2.54. The molecule has 4 heteroatoms. The molecule has 0 amide bonds. The van der Waals surface area contributed by atoms with Crippen LogP contribution in [0.3, 0.4) is 0 Å². The van der Waals surface area contributed by atoms with E-state index in [0.717, 1.165) is 30.0 Å². The Morgan fingerprint density at radius 1 is 1.14 bits per heavy atom. The van der Waals surface area contributed by atoms with Crippen molar-refractivity contribution in [1.82, 2.24) is 9.88 Å². The van der Waals surface area contributed by atoms with E-state index >= 15 is 0 Å². The number of pyridine rings is 1. The monoisotopic (exact) mass is 376 g/mol. The number of hydrogen-bond acceptors (Lipinski definition) is 4. The molecular weight excluding hydrogens is 348 g/mol. The summed E-state index contributed by atoms with van der Waals surface area (Å²) in [4.78, 5) is 7.26. The first-order valence-corrected chi connectivity index (χ1v) is 9.77. The molecule has 0 fully saturated rings. The van der Waals surface area contributed by atoms with Gasteiger partial charge >= 0.3 is 0 Å². The summed E-state index contributed by atoms with van der Waals surface area (Å²) in [5, 5.41) is 0. The fraction of sp³-hybridized carbons (Fsp3) is 0.375. The zero-order chi connectivity index (χ0) is 19.9. The second kappa shape index (κ2) is 7.10. The Hall–Kier alpha value is -2.59. The fourth-order valence-corrected chi connectivity index (χ4v) is 5.03. The van der Waals surface area contributed by atoms with Gasteiger partial charge in [-0.15, -0.1) is 6.58 Å². The molecule has 0 radical (unpaired) electrons. The number of ether oxygens (including phenoxy) is 2. The molecule has 0 aliphatic heterocycles. The minimum Gasteiger partial charge on any atom is -0.497 e. The van der Waals surface area contributed by atoms with Crippen molar-refractivity contribution < 1.29 is 9.47 Å². The number of allylic oxidation sites excluding steroid dienone is 1. The van der Waals surface area contributed by atoms with E-state index in [-0.39, 0.29) is 5.54 Å². The molecule has 0 N–H and O–H groups in total. The second-order valence-electron chi connectivity index (χ2n) is 8.06. The van der Waals surface area contributed by atoms with Crippen molar-refractivity contribution in [3.05, 3.63) is 72.0 Å². The second-order valence-corrected chi connectivity index (χ2v) is 8.06. The summed E-state index contributed by atoms with van der Waals surface area (Å²) in [7, 11) is 6.00. The van der Waals surface area contributed by atoms with Crippen LogP contribution in [-0.2, 0) is 12.0 Å². The number of methoxy groups -OCH3 is 1. The summed E-state index contributed by atoms with van der Waals surface area (Å²) in [5.74, 6) is 3.00. The zero-order valence-corrected chi connectivity index (χ0v) is 17.1. The standard InChI is InChI=1S/C24H28N2O2/c1-6-20-17-13-16(2)15-24(20,26(3)4)21-11-12-23(25-22(21)14-17)28-19-9-7-18(27-5)8-10-19/h6-13,17,20H,1,14-15H2,2-5H3/t17-,20+,24+/m0/s1. The lowest BCUT2D eigenvalue weighted by molar-refractivity contribution is 0.0537. The molecule has 3 atom stereocenters. The number of aromatic nitrogens is 1. The summed E-state index contributed by atoms with van der Waals surface area (Å²) in [5.41, 5.74) is 3.78. The third kappa shape index (κ3) is 2.92. The fourth-order valence-electron chi connectivity index (χ4n) is 5.03. The Morgan fingerprint density at radius 2 is 1.86 bits per heavy atom. The van der Waals surface area contributed by atoms with Crippen LogP contribution in [0.5, 0.6) is 17.4 Å². The smallest absolute Gasteiger partial charge is 0.219 e. The van der Waals surface area contributed by atoms with Gasteiger partial charge in [0.15, 0.2) is 0 Å². The largest absolute Gasteiger partial charge is 0.497 e. The molecule has 2 aliphatic rings. The van der Waals surface area contributed by atoms with Gasteiger partial charge in [0.2, 0.25) is 5.88 Å².